The lowest BCUT2D eigenvalue weighted by atomic mass is 9.96. The van der Waals surface area contributed by atoms with E-state index in [4.69, 9.17) is 28.6 Å². The molecule has 0 radical (unpaired) electrons. The van der Waals surface area contributed by atoms with Gasteiger partial charge in [0.15, 0.2) is 5.11 Å². The summed E-state index contributed by atoms with van der Waals surface area (Å²) in [6, 6.07) is 22.2. The Kier molecular flexibility index (Phi) is 6.26. The molecule has 5 rings (SSSR count). The predicted octanol–water partition coefficient (Wildman–Crippen LogP) is 6.64. The van der Waals surface area contributed by atoms with Crippen molar-refractivity contribution in [3.05, 3.63) is 106 Å². The molecule has 5 nitrogen and oxygen atoms in total. The first-order valence-electron chi connectivity index (χ1n) is 11.5. The number of nitrogens with one attached hydrogen (secondary N) is 1. The average Bonchev–Trinajstić information content (AvgIpc) is 3.35. The normalized spacial score (nSPS) is 17.5. The third kappa shape index (κ3) is 4.07. The van der Waals surface area contributed by atoms with Gasteiger partial charge in [0.05, 0.1) is 29.9 Å². The van der Waals surface area contributed by atoms with E-state index < -0.39 is 0 Å². The fourth-order valence-corrected chi connectivity index (χ4v) is 5.62. The van der Waals surface area contributed by atoms with Crippen LogP contribution in [0.3, 0.4) is 0 Å². The number of hydrogen-bond acceptors (Lipinski definition) is 3. The minimum absolute atomic E-state index is 0.120. The second-order valence-electron chi connectivity index (χ2n) is 8.76. The Balaban J connectivity index is 1.69. The van der Waals surface area contributed by atoms with E-state index in [-0.39, 0.29) is 12.1 Å². The monoisotopic (exact) mass is 502 g/mol. The van der Waals surface area contributed by atoms with Crippen molar-refractivity contribution in [2.75, 3.05) is 12.0 Å². The Bertz CT molecular complexity index is 1400. The number of anilines is 1. The number of ether oxygens (including phenoxy) is 1. The van der Waals surface area contributed by atoms with Gasteiger partial charge < -0.3 is 19.5 Å². The van der Waals surface area contributed by atoms with E-state index in [2.05, 4.69) is 70.9 Å². The van der Waals surface area contributed by atoms with Gasteiger partial charge in [0.25, 0.3) is 0 Å². The zero-order chi connectivity index (χ0) is 24.7. The van der Waals surface area contributed by atoms with Gasteiger partial charge in [-0.25, -0.2) is 0 Å². The van der Waals surface area contributed by atoms with E-state index in [9.17, 15) is 0 Å². The molecule has 2 aromatic heterocycles. The van der Waals surface area contributed by atoms with Gasteiger partial charge in [0.2, 0.25) is 0 Å². The molecule has 0 unspecified atom stereocenters. The van der Waals surface area contributed by atoms with Crippen LogP contribution in [0.1, 0.15) is 40.3 Å². The van der Waals surface area contributed by atoms with E-state index >= 15 is 0 Å². The van der Waals surface area contributed by atoms with Gasteiger partial charge in [-0.1, -0.05) is 35.9 Å². The molecule has 1 saturated heterocycles. The highest BCUT2D eigenvalue weighted by molar-refractivity contribution is 7.80. The number of nitrogens with zero attached hydrogens (tertiary/aromatic N) is 3. The molecule has 0 amide bonds. The number of aromatic nitrogens is 2. The summed E-state index contributed by atoms with van der Waals surface area (Å²) in [7, 11) is 1.61. The van der Waals surface area contributed by atoms with Crippen LogP contribution >= 0.6 is 23.8 Å². The molecule has 2 atom stereocenters. The average molecular weight is 503 g/mol. The standard InChI is InChI=1S/C28H27ClN4OS/c1-17-9-5-6-11-24(17)32-18(2)15-21(19(32)3)27-26(23-10-7-8-14-30-23)31-28(35)33(27)20-12-13-25(34-4)22(29)16-20/h5-16,26-27H,1-4H3,(H,31,35)/t26-,27-/m1/s1. The maximum Gasteiger partial charge on any atom is 0.174 e. The number of thiocarbonyl (C=S) groups is 1. The summed E-state index contributed by atoms with van der Waals surface area (Å²) in [6.07, 6.45) is 1.82. The molecule has 0 aliphatic carbocycles. The van der Waals surface area contributed by atoms with E-state index in [1.807, 2.05) is 42.6 Å². The van der Waals surface area contributed by atoms with Gasteiger partial charge in [-0.15, -0.1) is 0 Å². The lowest BCUT2D eigenvalue weighted by molar-refractivity contribution is 0.415. The van der Waals surface area contributed by atoms with Gasteiger partial charge >= 0.3 is 0 Å². The van der Waals surface area contributed by atoms with Crippen LogP contribution in [-0.4, -0.2) is 21.8 Å². The highest BCUT2D eigenvalue weighted by Crippen LogP contribution is 2.45. The Morgan fingerprint density at radius 2 is 1.77 bits per heavy atom. The number of methoxy groups -OCH3 is 1. The molecule has 178 valence electrons. The highest BCUT2D eigenvalue weighted by atomic mass is 35.5. The summed E-state index contributed by atoms with van der Waals surface area (Å²) in [6.45, 7) is 6.46. The number of para-hydroxylation sites is 1. The predicted molar refractivity (Wildman–Crippen MR) is 146 cm³/mol. The van der Waals surface area contributed by atoms with Crippen LogP contribution in [-0.2, 0) is 0 Å². The molecule has 2 aromatic carbocycles. The quantitative estimate of drug-likeness (QED) is 0.310. The lowest BCUT2D eigenvalue weighted by Gasteiger charge is -2.28. The van der Waals surface area contributed by atoms with E-state index in [0.717, 1.165) is 17.1 Å². The van der Waals surface area contributed by atoms with E-state index in [1.54, 1.807) is 7.11 Å². The molecule has 0 bridgehead atoms. The summed E-state index contributed by atoms with van der Waals surface area (Å²) in [5, 5.41) is 4.71. The Labute approximate surface area is 216 Å². The zero-order valence-corrected chi connectivity index (χ0v) is 21.7. The number of pyridine rings is 1. The summed E-state index contributed by atoms with van der Waals surface area (Å²) in [5.41, 5.74) is 7.74. The van der Waals surface area contributed by atoms with Gasteiger partial charge in [0, 0.05) is 29.0 Å². The Morgan fingerprint density at radius 3 is 2.46 bits per heavy atom. The van der Waals surface area contributed by atoms with Gasteiger partial charge in [-0.2, -0.15) is 0 Å². The van der Waals surface area contributed by atoms with Crippen molar-refractivity contribution in [1.82, 2.24) is 14.9 Å². The zero-order valence-electron chi connectivity index (χ0n) is 20.1. The van der Waals surface area contributed by atoms with Crippen molar-refractivity contribution >= 4 is 34.6 Å². The maximum absolute atomic E-state index is 6.53. The van der Waals surface area contributed by atoms with Crippen LogP contribution in [0.25, 0.3) is 5.69 Å². The van der Waals surface area contributed by atoms with E-state index in [0.29, 0.717) is 15.9 Å². The fourth-order valence-electron chi connectivity index (χ4n) is 5.03. The number of halogens is 1. The van der Waals surface area contributed by atoms with Gasteiger partial charge in [0.1, 0.15) is 5.75 Å². The summed E-state index contributed by atoms with van der Waals surface area (Å²) >= 11 is 12.4. The van der Waals surface area contributed by atoms with E-state index in [1.165, 1.54) is 22.5 Å². The largest absolute Gasteiger partial charge is 0.495 e. The van der Waals surface area contributed by atoms with Gasteiger partial charge in [-0.05, 0) is 86.6 Å². The molecule has 1 N–H and O–H groups in total. The summed E-state index contributed by atoms with van der Waals surface area (Å²) < 4.78 is 7.70. The first-order valence-corrected chi connectivity index (χ1v) is 12.3. The van der Waals surface area contributed by atoms with Crippen LogP contribution in [0.5, 0.6) is 5.75 Å². The van der Waals surface area contributed by atoms with Crippen LogP contribution in [0.2, 0.25) is 5.02 Å². The second-order valence-corrected chi connectivity index (χ2v) is 9.56. The number of benzene rings is 2. The lowest BCUT2D eigenvalue weighted by Crippen LogP contribution is -2.29. The first kappa shape index (κ1) is 23.4. The Hall–Kier alpha value is -3.35. The fraction of sp³-hybridized carbons (Fsp3) is 0.214. The van der Waals surface area contributed by atoms with Crippen molar-refractivity contribution in [2.45, 2.75) is 32.9 Å². The minimum Gasteiger partial charge on any atom is -0.495 e. The maximum atomic E-state index is 6.53. The summed E-state index contributed by atoms with van der Waals surface area (Å²) in [4.78, 5) is 6.82. The third-order valence-corrected chi connectivity index (χ3v) is 7.27. The van der Waals surface area contributed by atoms with Crippen LogP contribution in [0.4, 0.5) is 5.69 Å². The molecule has 4 aromatic rings. The van der Waals surface area contributed by atoms with Crippen molar-refractivity contribution in [2.24, 2.45) is 0 Å². The van der Waals surface area contributed by atoms with Crippen molar-refractivity contribution in [3.63, 3.8) is 0 Å². The van der Waals surface area contributed by atoms with Crippen molar-refractivity contribution in [3.8, 4) is 11.4 Å². The first-order chi connectivity index (χ1) is 16.9. The smallest absolute Gasteiger partial charge is 0.174 e. The molecule has 1 aliphatic heterocycles. The molecule has 1 fully saturated rings. The molecule has 3 heterocycles. The van der Waals surface area contributed by atoms with Crippen molar-refractivity contribution < 1.29 is 4.74 Å². The number of aryl methyl sites for hydroxylation is 2. The summed E-state index contributed by atoms with van der Waals surface area (Å²) in [5.74, 6) is 0.629. The number of rotatable bonds is 5. The van der Waals surface area contributed by atoms with Crippen LogP contribution < -0.4 is 15.0 Å². The topological polar surface area (TPSA) is 42.3 Å². The van der Waals surface area contributed by atoms with Gasteiger partial charge in [-0.3, -0.25) is 4.98 Å². The highest BCUT2D eigenvalue weighted by Gasteiger charge is 2.42. The molecule has 7 heteroatoms. The molecule has 35 heavy (non-hydrogen) atoms. The SMILES string of the molecule is COc1ccc(N2C(=S)N[C@H](c3ccccn3)[C@H]2c2cc(C)n(-c3ccccc3C)c2C)cc1Cl. The molecule has 0 saturated carbocycles. The second kappa shape index (κ2) is 9.36. The van der Waals surface area contributed by atoms with Crippen molar-refractivity contribution in [1.29, 1.82) is 0 Å². The Morgan fingerprint density at radius 1 is 1.00 bits per heavy atom. The van der Waals surface area contributed by atoms with Crippen LogP contribution in [0, 0.1) is 20.8 Å². The third-order valence-electron chi connectivity index (χ3n) is 6.66. The van der Waals surface area contributed by atoms with Crippen LogP contribution in [0.15, 0.2) is 72.9 Å². The molecular weight excluding hydrogens is 476 g/mol. The molecule has 0 spiro atoms. The molecular formula is C28H27ClN4OS. The number of hydrogen-bond donors (Lipinski definition) is 1. The minimum atomic E-state index is -0.129. The molecule has 1 aliphatic rings.